The van der Waals surface area contributed by atoms with Crippen molar-refractivity contribution in [3.05, 3.63) is 58.1 Å². The molecule has 28 heavy (non-hydrogen) atoms. The van der Waals surface area contributed by atoms with Crippen LogP contribution >= 0.6 is 0 Å². The zero-order chi connectivity index (χ0) is 21.0. The van der Waals surface area contributed by atoms with Crippen LogP contribution in [0.2, 0.25) is 0 Å². The molecule has 0 saturated heterocycles. The lowest BCUT2D eigenvalue weighted by Crippen LogP contribution is -2.38. The molecule has 4 heteroatoms. The van der Waals surface area contributed by atoms with Crippen molar-refractivity contribution in [1.29, 1.82) is 0 Å². The van der Waals surface area contributed by atoms with E-state index in [4.69, 9.17) is 9.47 Å². The summed E-state index contributed by atoms with van der Waals surface area (Å²) in [4.78, 5) is 12.7. The van der Waals surface area contributed by atoms with Crippen molar-refractivity contribution in [3.8, 4) is 11.5 Å². The molecular formula is C24H33NO3. The number of ether oxygens (including phenoxy) is 2. The summed E-state index contributed by atoms with van der Waals surface area (Å²) >= 11 is 0. The first-order chi connectivity index (χ1) is 13.1. The van der Waals surface area contributed by atoms with Gasteiger partial charge < -0.3 is 14.8 Å². The van der Waals surface area contributed by atoms with Crippen LogP contribution in [-0.2, 0) is 4.79 Å². The van der Waals surface area contributed by atoms with Crippen molar-refractivity contribution in [3.63, 3.8) is 0 Å². The lowest BCUT2D eigenvalue weighted by molar-refractivity contribution is -0.127. The first-order valence-corrected chi connectivity index (χ1v) is 9.86. The molecular weight excluding hydrogens is 350 g/mol. The highest BCUT2D eigenvalue weighted by Crippen LogP contribution is 2.32. The summed E-state index contributed by atoms with van der Waals surface area (Å²) in [5.74, 6) is 1.80. The number of nitrogens with one attached hydrogen (secondary N) is 1. The Bertz CT molecular complexity index is 842. The highest BCUT2D eigenvalue weighted by atomic mass is 16.5. The number of carbonyl (C=O) groups excluding carboxylic acids is 1. The molecule has 2 aromatic carbocycles. The molecule has 152 valence electrons. The fourth-order valence-corrected chi connectivity index (χ4v) is 3.26. The molecule has 0 aliphatic rings. The van der Waals surface area contributed by atoms with E-state index in [1.165, 1.54) is 5.56 Å². The number of rotatable bonds is 7. The maximum atomic E-state index is 12.7. The Morgan fingerprint density at radius 2 is 1.57 bits per heavy atom. The number of hydrogen-bond donors (Lipinski definition) is 1. The Hall–Kier alpha value is -2.49. The van der Waals surface area contributed by atoms with Crippen LogP contribution in [0.25, 0.3) is 0 Å². The van der Waals surface area contributed by atoms with Gasteiger partial charge in [0, 0.05) is 0 Å². The number of carbonyl (C=O) groups is 1. The molecule has 2 atom stereocenters. The predicted octanol–water partition coefficient (Wildman–Crippen LogP) is 5.39. The second-order valence-electron chi connectivity index (χ2n) is 7.84. The van der Waals surface area contributed by atoms with Gasteiger partial charge in [0.2, 0.25) is 0 Å². The van der Waals surface area contributed by atoms with Gasteiger partial charge in [0.05, 0.1) is 13.2 Å². The third kappa shape index (κ3) is 5.06. The molecule has 0 bridgehead atoms. The Kier molecular flexibility index (Phi) is 7.11. The van der Waals surface area contributed by atoms with Crippen LogP contribution in [0.5, 0.6) is 11.5 Å². The third-order valence-corrected chi connectivity index (χ3v) is 5.23. The lowest BCUT2D eigenvalue weighted by atomic mass is 9.93. The molecule has 0 aromatic heterocycles. The molecule has 0 heterocycles. The standard InChI is InChI=1S/C24H33NO3/c1-14(2)21-13-22(17(5)12-23(21)27-8)18(6)25-24(26)19(7)28-20-10-9-15(3)16(4)11-20/h9-14,18-19H,1-8H3,(H,25,26)/t18-,19-/m0/s1. The summed E-state index contributed by atoms with van der Waals surface area (Å²) < 4.78 is 11.4. The van der Waals surface area contributed by atoms with Gasteiger partial charge in [-0.1, -0.05) is 19.9 Å². The molecule has 4 nitrogen and oxygen atoms in total. The molecule has 0 fully saturated rings. The van der Waals surface area contributed by atoms with Crippen molar-refractivity contribution < 1.29 is 14.3 Å². The molecule has 0 spiro atoms. The van der Waals surface area contributed by atoms with Gasteiger partial charge in [-0.2, -0.15) is 0 Å². The van der Waals surface area contributed by atoms with Crippen LogP contribution in [-0.4, -0.2) is 19.1 Å². The van der Waals surface area contributed by atoms with E-state index < -0.39 is 6.10 Å². The minimum Gasteiger partial charge on any atom is -0.496 e. The fourth-order valence-electron chi connectivity index (χ4n) is 3.26. The van der Waals surface area contributed by atoms with Crippen molar-refractivity contribution in [2.75, 3.05) is 7.11 Å². The monoisotopic (exact) mass is 383 g/mol. The molecule has 2 rings (SSSR count). The van der Waals surface area contributed by atoms with Gasteiger partial charge >= 0.3 is 0 Å². The van der Waals surface area contributed by atoms with E-state index in [1.54, 1.807) is 14.0 Å². The molecule has 0 radical (unpaired) electrons. The van der Waals surface area contributed by atoms with Gasteiger partial charge in [0.25, 0.3) is 5.91 Å². The van der Waals surface area contributed by atoms with Gasteiger partial charge in [-0.05, 0) is 92.6 Å². The molecule has 0 aliphatic heterocycles. The zero-order valence-electron chi connectivity index (χ0n) is 18.3. The SMILES string of the molecule is COc1cc(C)c([C@H](C)NC(=O)[C@H](C)Oc2ccc(C)c(C)c2)cc1C(C)C. The van der Waals surface area contributed by atoms with Gasteiger partial charge in [0.15, 0.2) is 6.10 Å². The number of amides is 1. The third-order valence-electron chi connectivity index (χ3n) is 5.23. The minimum absolute atomic E-state index is 0.123. The second-order valence-corrected chi connectivity index (χ2v) is 7.84. The van der Waals surface area contributed by atoms with E-state index in [0.717, 1.165) is 28.0 Å². The smallest absolute Gasteiger partial charge is 0.261 e. The molecule has 1 amide bonds. The highest BCUT2D eigenvalue weighted by Gasteiger charge is 2.20. The summed E-state index contributed by atoms with van der Waals surface area (Å²) in [7, 11) is 1.69. The number of benzene rings is 2. The minimum atomic E-state index is -0.576. The highest BCUT2D eigenvalue weighted by molar-refractivity contribution is 5.81. The average Bonchev–Trinajstić information content (AvgIpc) is 2.63. The Labute approximate surface area is 169 Å². The average molecular weight is 384 g/mol. The number of aryl methyl sites for hydroxylation is 3. The van der Waals surface area contributed by atoms with Crippen molar-refractivity contribution in [2.45, 2.75) is 66.5 Å². The van der Waals surface area contributed by atoms with E-state index in [1.807, 2.05) is 45.0 Å². The largest absolute Gasteiger partial charge is 0.496 e. The van der Waals surface area contributed by atoms with E-state index >= 15 is 0 Å². The quantitative estimate of drug-likeness (QED) is 0.697. The van der Waals surface area contributed by atoms with E-state index in [0.29, 0.717) is 11.7 Å². The molecule has 0 unspecified atom stereocenters. The van der Waals surface area contributed by atoms with Gasteiger partial charge in [-0.15, -0.1) is 0 Å². The number of hydrogen-bond acceptors (Lipinski definition) is 3. The van der Waals surface area contributed by atoms with Crippen molar-refractivity contribution in [1.82, 2.24) is 5.32 Å². The predicted molar refractivity (Wildman–Crippen MR) is 114 cm³/mol. The zero-order valence-corrected chi connectivity index (χ0v) is 18.3. The van der Waals surface area contributed by atoms with E-state index in [2.05, 4.69) is 32.2 Å². The second kappa shape index (κ2) is 9.13. The van der Waals surface area contributed by atoms with Gasteiger partial charge in [0.1, 0.15) is 11.5 Å². The summed E-state index contributed by atoms with van der Waals surface area (Å²) in [5, 5.41) is 3.08. The molecule has 2 aromatic rings. The topological polar surface area (TPSA) is 47.6 Å². The first kappa shape index (κ1) is 21.8. The molecule has 0 saturated carbocycles. The summed E-state index contributed by atoms with van der Waals surface area (Å²) in [6.07, 6.45) is -0.576. The normalized spacial score (nSPS) is 13.2. The molecule has 0 aliphatic carbocycles. The Balaban J connectivity index is 2.12. The van der Waals surface area contributed by atoms with Crippen LogP contribution in [0.3, 0.4) is 0 Å². The summed E-state index contributed by atoms with van der Waals surface area (Å²) in [6.45, 7) is 14.2. The van der Waals surface area contributed by atoms with Crippen LogP contribution < -0.4 is 14.8 Å². The van der Waals surface area contributed by atoms with Crippen molar-refractivity contribution in [2.24, 2.45) is 0 Å². The van der Waals surface area contributed by atoms with Crippen LogP contribution in [0, 0.1) is 20.8 Å². The van der Waals surface area contributed by atoms with E-state index in [9.17, 15) is 4.79 Å². The van der Waals surface area contributed by atoms with Crippen LogP contribution in [0.15, 0.2) is 30.3 Å². The Morgan fingerprint density at radius 3 is 2.14 bits per heavy atom. The maximum Gasteiger partial charge on any atom is 0.261 e. The summed E-state index contributed by atoms with van der Waals surface area (Å²) in [5.41, 5.74) is 5.68. The molecule has 1 N–H and O–H groups in total. The fraction of sp³-hybridized carbons (Fsp3) is 0.458. The van der Waals surface area contributed by atoms with Gasteiger partial charge in [-0.25, -0.2) is 0 Å². The van der Waals surface area contributed by atoms with Crippen LogP contribution in [0.4, 0.5) is 0 Å². The Morgan fingerprint density at radius 1 is 0.893 bits per heavy atom. The van der Waals surface area contributed by atoms with Crippen LogP contribution in [0.1, 0.15) is 67.5 Å². The maximum absolute atomic E-state index is 12.7. The first-order valence-electron chi connectivity index (χ1n) is 9.86. The lowest BCUT2D eigenvalue weighted by Gasteiger charge is -2.23. The van der Waals surface area contributed by atoms with Crippen molar-refractivity contribution >= 4 is 5.91 Å². The number of methoxy groups -OCH3 is 1. The summed E-state index contributed by atoms with van der Waals surface area (Å²) in [6, 6.07) is 9.93. The van der Waals surface area contributed by atoms with E-state index in [-0.39, 0.29) is 11.9 Å². The van der Waals surface area contributed by atoms with Gasteiger partial charge in [-0.3, -0.25) is 4.79 Å².